The van der Waals surface area contributed by atoms with Crippen molar-refractivity contribution in [3.05, 3.63) is 59.7 Å². The van der Waals surface area contributed by atoms with E-state index in [4.69, 9.17) is 14.2 Å². The number of benzene rings is 2. The number of hydrogen-bond acceptors (Lipinski definition) is 4. The summed E-state index contributed by atoms with van der Waals surface area (Å²) in [4.78, 5) is 12.4. The first-order valence-electron chi connectivity index (χ1n) is 10.0. The first kappa shape index (κ1) is 21.0. The molecule has 2 aromatic carbocycles. The highest BCUT2D eigenvalue weighted by Crippen LogP contribution is 2.34. The molecule has 1 saturated heterocycles. The molecule has 6 nitrogen and oxygen atoms in total. The summed E-state index contributed by atoms with van der Waals surface area (Å²) in [5, 5.41) is 6.02. The zero-order chi connectivity index (χ0) is 20.5. The van der Waals surface area contributed by atoms with E-state index in [1.807, 2.05) is 24.3 Å². The highest BCUT2D eigenvalue weighted by molar-refractivity contribution is 5.74. The molecular weight excluding hydrogens is 368 g/mol. The average molecular weight is 399 g/mol. The Kier molecular flexibility index (Phi) is 7.36. The van der Waals surface area contributed by atoms with Crippen molar-refractivity contribution in [3.63, 3.8) is 0 Å². The van der Waals surface area contributed by atoms with Crippen molar-refractivity contribution in [3.8, 4) is 11.5 Å². The van der Waals surface area contributed by atoms with Crippen LogP contribution in [-0.4, -0.2) is 46.6 Å². The third kappa shape index (κ3) is 5.41. The lowest BCUT2D eigenvalue weighted by atomic mass is 9.74. The van der Waals surface area contributed by atoms with Gasteiger partial charge < -0.3 is 24.8 Å². The van der Waals surface area contributed by atoms with Gasteiger partial charge in [-0.15, -0.1) is 0 Å². The van der Waals surface area contributed by atoms with Gasteiger partial charge in [-0.25, -0.2) is 4.79 Å². The quantitative estimate of drug-likeness (QED) is 0.716. The number of urea groups is 1. The van der Waals surface area contributed by atoms with E-state index in [2.05, 4.69) is 34.9 Å². The number of carbonyl (C=O) groups is 1. The fraction of sp³-hybridized carbons (Fsp3) is 0.435. The Balaban J connectivity index is 1.51. The maximum atomic E-state index is 12.4. The Hall–Kier alpha value is -2.73. The fourth-order valence-corrected chi connectivity index (χ4v) is 3.79. The highest BCUT2D eigenvalue weighted by Gasteiger charge is 2.34. The summed E-state index contributed by atoms with van der Waals surface area (Å²) in [6.45, 7) is 2.58. The molecule has 29 heavy (non-hydrogen) atoms. The number of amides is 2. The molecule has 0 atom stereocenters. The van der Waals surface area contributed by atoms with Gasteiger partial charge in [-0.05, 0) is 42.5 Å². The van der Waals surface area contributed by atoms with Crippen LogP contribution in [0.1, 0.15) is 24.0 Å². The van der Waals surface area contributed by atoms with Gasteiger partial charge in [0.1, 0.15) is 0 Å². The second-order valence-electron chi connectivity index (χ2n) is 7.31. The van der Waals surface area contributed by atoms with E-state index in [-0.39, 0.29) is 11.4 Å². The van der Waals surface area contributed by atoms with Gasteiger partial charge in [0.2, 0.25) is 0 Å². The number of ether oxygens (including phenoxy) is 3. The largest absolute Gasteiger partial charge is 0.493 e. The molecule has 0 aromatic heterocycles. The predicted molar refractivity (Wildman–Crippen MR) is 113 cm³/mol. The number of hydrogen-bond donors (Lipinski definition) is 2. The SMILES string of the molecule is COc1ccc(CCNC(=O)NCC2(c3ccccc3)CCOCC2)cc1OC. The summed E-state index contributed by atoms with van der Waals surface area (Å²) in [6.07, 6.45) is 2.53. The van der Waals surface area contributed by atoms with Crippen molar-refractivity contribution in [1.29, 1.82) is 0 Å². The van der Waals surface area contributed by atoms with E-state index in [9.17, 15) is 4.79 Å². The molecule has 6 heteroatoms. The van der Waals surface area contributed by atoms with Gasteiger partial charge in [-0.2, -0.15) is 0 Å². The molecule has 1 aliphatic rings. The van der Waals surface area contributed by atoms with Gasteiger partial charge in [0.05, 0.1) is 14.2 Å². The zero-order valence-electron chi connectivity index (χ0n) is 17.2. The minimum Gasteiger partial charge on any atom is -0.493 e. The highest BCUT2D eigenvalue weighted by atomic mass is 16.5. The topological polar surface area (TPSA) is 68.8 Å². The molecule has 0 aliphatic carbocycles. The molecule has 0 radical (unpaired) electrons. The van der Waals surface area contributed by atoms with E-state index in [1.165, 1.54) is 5.56 Å². The molecule has 156 valence electrons. The van der Waals surface area contributed by atoms with Gasteiger partial charge in [0.25, 0.3) is 0 Å². The Morgan fingerprint density at radius 3 is 2.41 bits per heavy atom. The summed E-state index contributed by atoms with van der Waals surface area (Å²) in [6, 6.07) is 16.0. The van der Waals surface area contributed by atoms with Crippen molar-refractivity contribution in [2.45, 2.75) is 24.7 Å². The van der Waals surface area contributed by atoms with Crippen molar-refractivity contribution in [2.75, 3.05) is 40.5 Å². The molecule has 2 N–H and O–H groups in total. The van der Waals surface area contributed by atoms with Crippen molar-refractivity contribution >= 4 is 6.03 Å². The van der Waals surface area contributed by atoms with Crippen LogP contribution < -0.4 is 20.1 Å². The van der Waals surface area contributed by atoms with E-state index >= 15 is 0 Å². The molecule has 2 aromatic rings. The first-order valence-corrected chi connectivity index (χ1v) is 10.0. The van der Waals surface area contributed by atoms with Crippen LogP contribution in [0.15, 0.2) is 48.5 Å². The summed E-state index contributed by atoms with van der Waals surface area (Å²) in [7, 11) is 3.23. The minimum atomic E-state index is -0.146. The average Bonchev–Trinajstić information content (AvgIpc) is 2.79. The maximum absolute atomic E-state index is 12.4. The molecule has 2 amide bonds. The van der Waals surface area contributed by atoms with Crippen molar-refractivity contribution in [2.24, 2.45) is 0 Å². The molecule has 1 fully saturated rings. The first-order chi connectivity index (χ1) is 14.2. The maximum Gasteiger partial charge on any atom is 0.314 e. The van der Waals surface area contributed by atoms with Crippen molar-refractivity contribution < 1.29 is 19.0 Å². The summed E-state index contributed by atoms with van der Waals surface area (Å²) >= 11 is 0. The van der Waals surface area contributed by atoms with Gasteiger partial charge >= 0.3 is 6.03 Å². The third-order valence-corrected chi connectivity index (χ3v) is 5.57. The lowest BCUT2D eigenvalue weighted by molar-refractivity contribution is 0.0507. The Labute approximate surface area is 172 Å². The lowest BCUT2D eigenvalue weighted by Crippen LogP contribution is -2.47. The standard InChI is InChI=1S/C23H30N2O4/c1-27-20-9-8-18(16-21(20)28-2)10-13-24-22(26)25-17-23(11-14-29-15-12-23)19-6-4-3-5-7-19/h3-9,16H,10-15,17H2,1-2H3,(H2,24,25,26). The number of rotatable bonds is 8. The molecule has 0 spiro atoms. The van der Waals surface area contributed by atoms with Crippen LogP contribution in [0, 0.1) is 0 Å². The molecular formula is C23H30N2O4. The minimum absolute atomic E-state index is 0.0692. The van der Waals surface area contributed by atoms with E-state index in [0.717, 1.165) is 31.6 Å². The molecule has 1 heterocycles. The van der Waals surface area contributed by atoms with E-state index in [0.29, 0.717) is 31.0 Å². The number of nitrogens with one attached hydrogen (secondary N) is 2. The van der Waals surface area contributed by atoms with Crippen LogP contribution in [-0.2, 0) is 16.6 Å². The van der Waals surface area contributed by atoms with Crippen LogP contribution in [0.4, 0.5) is 4.79 Å². The second kappa shape index (κ2) is 10.2. The van der Waals surface area contributed by atoms with Crippen LogP contribution in [0.2, 0.25) is 0 Å². The fourth-order valence-electron chi connectivity index (χ4n) is 3.79. The Bertz CT molecular complexity index is 789. The van der Waals surface area contributed by atoms with Crippen LogP contribution in [0.3, 0.4) is 0 Å². The monoisotopic (exact) mass is 398 g/mol. The smallest absolute Gasteiger partial charge is 0.314 e. The molecule has 1 aliphatic heterocycles. The van der Waals surface area contributed by atoms with E-state index < -0.39 is 0 Å². The van der Waals surface area contributed by atoms with Gasteiger partial charge in [-0.1, -0.05) is 36.4 Å². The normalized spacial score (nSPS) is 15.4. The zero-order valence-corrected chi connectivity index (χ0v) is 17.2. The Morgan fingerprint density at radius 1 is 1.00 bits per heavy atom. The summed E-state index contributed by atoms with van der Waals surface area (Å²) in [5.74, 6) is 1.39. The van der Waals surface area contributed by atoms with E-state index in [1.54, 1.807) is 14.2 Å². The summed E-state index contributed by atoms with van der Waals surface area (Å²) in [5.41, 5.74) is 2.27. The van der Waals surface area contributed by atoms with Crippen molar-refractivity contribution in [1.82, 2.24) is 10.6 Å². The molecule has 0 saturated carbocycles. The van der Waals surface area contributed by atoms with Gasteiger partial charge in [0, 0.05) is 31.7 Å². The molecule has 0 unspecified atom stereocenters. The molecule has 0 bridgehead atoms. The Morgan fingerprint density at radius 2 is 1.72 bits per heavy atom. The number of methoxy groups -OCH3 is 2. The molecule has 3 rings (SSSR count). The lowest BCUT2D eigenvalue weighted by Gasteiger charge is -2.38. The van der Waals surface area contributed by atoms with Crippen LogP contribution in [0.5, 0.6) is 11.5 Å². The third-order valence-electron chi connectivity index (χ3n) is 5.57. The predicted octanol–water partition coefficient (Wildman–Crippen LogP) is 3.29. The number of carbonyl (C=O) groups excluding carboxylic acids is 1. The van der Waals surface area contributed by atoms with Crippen LogP contribution in [0.25, 0.3) is 0 Å². The summed E-state index contributed by atoms with van der Waals surface area (Å²) < 4.78 is 16.1. The van der Waals surface area contributed by atoms with Crippen LogP contribution >= 0.6 is 0 Å². The van der Waals surface area contributed by atoms with Gasteiger partial charge in [-0.3, -0.25) is 0 Å². The second-order valence-corrected chi connectivity index (χ2v) is 7.31. The van der Waals surface area contributed by atoms with Gasteiger partial charge in [0.15, 0.2) is 11.5 Å².